The summed E-state index contributed by atoms with van der Waals surface area (Å²) in [5.41, 5.74) is 6.69. The van der Waals surface area contributed by atoms with E-state index in [1.54, 1.807) is 0 Å². The van der Waals surface area contributed by atoms with Gasteiger partial charge in [-0.2, -0.15) is 5.26 Å². The minimum Gasteiger partial charge on any atom is -0.397 e. The van der Waals surface area contributed by atoms with Gasteiger partial charge in [-0.3, -0.25) is 0 Å². The van der Waals surface area contributed by atoms with E-state index < -0.39 is 0 Å². The molecule has 0 heterocycles. The number of halogens is 2. The van der Waals surface area contributed by atoms with Gasteiger partial charge in [0, 0.05) is 8.04 Å². The van der Waals surface area contributed by atoms with Crippen molar-refractivity contribution in [3.05, 3.63) is 25.7 Å². The van der Waals surface area contributed by atoms with E-state index in [9.17, 15) is 0 Å². The smallest absolute Gasteiger partial charge is 0.103 e. The molecule has 0 saturated carbocycles. The van der Waals surface area contributed by atoms with E-state index in [2.05, 4.69) is 38.5 Å². The second-order valence-electron chi connectivity index (χ2n) is 1.93. The fraction of sp³-hybridized carbons (Fsp3) is 0. The molecule has 0 aliphatic carbocycles. The standard InChI is InChI=1S/C7H4BrIN2/c8-5-1-2-6(9)7(11)4(5)3-10/h1-2H,11H2. The zero-order valence-corrected chi connectivity index (χ0v) is 9.18. The van der Waals surface area contributed by atoms with Gasteiger partial charge in [-0.1, -0.05) is 0 Å². The number of nitrogens with zero attached hydrogens (tertiary/aromatic N) is 1. The molecule has 0 amide bonds. The van der Waals surface area contributed by atoms with E-state index in [0.29, 0.717) is 11.3 Å². The van der Waals surface area contributed by atoms with Gasteiger partial charge in [0.25, 0.3) is 0 Å². The molecule has 0 aromatic heterocycles. The summed E-state index contributed by atoms with van der Waals surface area (Å²) >= 11 is 5.33. The van der Waals surface area contributed by atoms with E-state index in [0.717, 1.165) is 8.04 Å². The Labute approximate surface area is 86.7 Å². The van der Waals surface area contributed by atoms with E-state index in [1.807, 2.05) is 18.2 Å². The van der Waals surface area contributed by atoms with Crippen molar-refractivity contribution in [1.82, 2.24) is 0 Å². The third kappa shape index (κ3) is 1.65. The number of hydrogen-bond acceptors (Lipinski definition) is 2. The first kappa shape index (κ1) is 8.81. The van der Waals surface area contributed by atoms with Gasteiger partial charge < -0.3 is 5.73 Å². The number of rotatable bonds is 0. The van der Waals surface area contributed by atoms with Crippen LogP contribution in [0.3, 0.4) is 0 Å². The highest BCUT2D eigenvalue weighted by Gasteiger charge is 2.05. The molecule has 1 rings (SSSR count). The molecule has 1 aromatic rings. The van der Waals surface area contributed by atoms with Crippen LogP contribution in [0, 0.1) is 14.9 Å². The van der Waals surface area contributed by atoms with Crippen molar-refractivity contribution in [2.75, 3.05) is 5.73 Å². The summed E-state index contributed by atoms with van der Waals surface area (Å²) in [5, 5.41) is 8.66. The molecule has 4 heteroatoms. The lowest BCUT2D eigenvalue weighted by Crippen LogP contribution is -1.94. The van der Waals surface area contributed by atoms with Crippen LogP contribution in [0.4, 0.5) is 5.69 Å². The summed E-state index contributed by atoms with van der Waals surface area (Å²) in [7, 11) is 0. The van der Waals surface area contributed by atoms with Crippen LogP contribution in [-0.2, 0) is 0 Å². The summed E-state index contributed by atoms with van der Waals surface area (Å²) in [6.07, 6.45) is 0. The van der Waals surface area contributed by atoms with Crippen LogP contribution in [0.5, 0.6) is 0 Å². The maximum atomic E-state index is 8.66. The van der Waals surface area contributed by atoms with Crippen LogP contribution in [-0.4, -0.2) is 0 Å². The largest absolute Gasteiger partial charge is 0.397 e. The molecule has 0 unspecified atom stereocenters. The minimum atomic E-state index is 0.511. The monoisotopic (exact) mass is 322 g/mol. The van der Waals surface area contributed by atoms with Crippen molar-refractivity contribution in [1.29, 1.82) is 5.26 Å². The molecule has 0 bridgehead atoms. The molecule has 2 N–H and O–H groups in total. The molecular formula is C7H4BrIN2. The Morgan fingerprint density at radius 1 is 1.55 bits per heavy atom. The number of anilines is 1. The Kier molecular flexibility index (Phi) is 2.73. The molecule has 2 nitrogen and oxygen atoms in total. The number of nitrogens with two attached hydrogens (primary N) is 1. The summed E-state index contributed by atoms with van der Waals surface area (Å²) in [6, 6.07) is 5.71. The van der Waals surface area contributed by atoms with Gasteiger partial charge in [0.1, 0.15) is 6.07 Å². The first-order valence-electron chi connectivity index (χ1n) is 2.80. The van der Waals surface area contributed by atoms with Gasteiger partial charge >= 0.3 is 0 Å². The predicted octanol–water partition coefficient (Wildman–Crippen LogP) is 2.51. The highest BCUT2D eigenvalue weighted by molar-refractivity contribution is 14.1. The van der Waals surface area contributed by atoms with Gasteiger partial charge in [0.2, 0.25) is 0 Å². The Hall–Kier alpha value is -0.280. The Bertz CT molecular complexity index is 330. The maximum absolute atomic E-state index is 8.66. The predicted molar refractivity (Wildman–Crippen MR) is 56.0 cm³/mol. The summed E-state index contributed by atoms with van der Waals surface area (Å²) in [5.74, 6) is 0. The van der Waals surface area contributed by atoms with Crippen LogP contribution < -0.4 is 5.73 Å². The molecule has 0 spiro atoms. The Balaban J connectivity index is 3.44. The highest BCUT2D eigenvalue weighted by Crippen LogP contribution is 2.26. The molecule has 1 aromatic carbocycles. The molecule has 0 fully saturated rings. The molecule has 0 aliphatic heterocycles. The fourth-order valence-electron chi connectivity index (χ4n) is 0.681. The second kappa shape index (κ2) is 3.41. The van der Waals surface area contributed by atoms with Crippen LogP contribution in [0.2, 0.25) is 0 Å². The van der Waals surface area contributed by atoms with Crippen LogP contribution in [0.15, 0.2) is 16.6 Å². The number of nitriles is 1. The van der Waals surface area contributed by atoms with Crippen molar-refractivity contribution in [2.24, 2.45) is 0 Å². The molecular weight excluding hydrogens is 319 g/mol. The van der Waals surface area contributed by atoms with Crippen molar-refractivity contribution in [3.8, 4) is 6.07 Å². The Morgan fingerprint density at radius 3 is 2.64 bits per heavy atom. The van der Waals surface area contributed by atoms with E-state index >= 15 is 0 Å². The average Bonchev–Trinajstić information content (AvgIpc) is 1.99. The van der Waals surface area contributed by atoms with Gasteiger partial charge in [-0.05, 0) is 50.7 Å². The third-order valence-corrected chi connectivity index (χ3v) is 2.85. The Morgan fingerprint density at radius 2 is 2.18 bits per heavy atom. The first-order valence-corrected chi connectivity index (χ1v) is 4.67. The zero-order chi connectivity index (χ0) is 8.43. The number of nitrogen functional groups attached to an aromatic ring is 1. The summed E-state index contributed by atoms with van der Waals surface area (Å²) in [4.78, 5) is 0. The first-order chi connectivity index (χ1) is 5.16. The lowest BCUT2D eigenvalue weighted by Gasteiger charge is -2.01. The van der Waals surface area contributed by atoms with Crippen molar-refractivity contribution < 1.29 is 0 Å². The second-order valence-corrected chi connectivity index (χ2v) is 3.95. The topological polar surface area (TPSA) is 49.8 Å². The van der Waals surface area contributed by atoms with Gasteiger partial charge in [-0.15, -0.1) is 0 Å². The lowest BCUT2D eigenvalue weighted by atomic mass is 10.2. The van der Waals surface area contributed by atoms with Crippen molar-refractivity contribution in [3.63, 3.8) is 0 Å². The third-order valence-electron chi connectivity index (χ3n) is 1.25. The lowest BCUT2D eigenvalue weighted by molar-refractivity contribution is 1.45. The SMILES string of the molecule is N#Cc1c(Br)ccc(I)c1N. The molecule has 11 heavy (non-hydrogen) atoms. The average molecular weight is 323 g/mol. The van der Waals surface area contributed by atoms with Crippen LogP contribution >= 0.6 is 38.5 Å². The highest BCUT2D eigenvalue weighted by atomic mass is 127. The number of benzene rings is 1. The van der Waals surface area contributed by atoms with E-state index in [1.165, 1.54) is 0 Å². The van der Waals surface area contributed by atoms with E-state index in [4.69, 9.17) is 11.0 Å². The zero-order valence-electron chi connectivity index (χ0n) is 5.44. The van der Waals surface area contributed by atoms with Gasteiger partial charge in [-0.25, -0.2) is 0 Å². The molecule has 0 saturated heterocycles. The molecule has 0 atom stereocenters. The minimum absolute atomic E-state index is 0.511. The summed E-state index contributed by atoms with van der Waals surface area (Å²) in [6.45, 7) is 0. The maximum Gasteiger partial charge on any atom is 0.103 e. The van der Waals surface area contributed by atoms with Gasteiger partial charge in [0.15, 0.2) is 0 Å². The van der Waals surface area contributed by atoms with Gasteiger partial charge in [0.05, 0.1) is 11.3 Å². The quantitative estimate of drug-likeness (QED) is 0.589. The van der Waals surface area contributed by atoms with Crippen LogP contribution in [0.25, 0.3) is 0 Å². The number of hydrogen-bond donors (Lipinski definition) is 1. The van der Waals surface area contributed by atoms with Crippen molar-refractivity contribution in [2.45, 2.75) is 0 Å². The van der Waals surface area contributed by atoms with Crippen molar-refractivity contribution >= 4 is 44.2 Å². The normalized spacial score (nSPS) is 9.18. The summed E-state index contributed by atoms with van der Waals surface area (Å²) < 4.78 is 1.65. The molecule has 0 radical (unpaired) electrons. The van der Waals surface area contributed by atoms with Crippen LogP contribution in [0.1, 0.15) is 5.56 Å². The fourth-order valence-corrected chi connectivity index (χ4v) is 1.57. The van der Waals surface area contributed by atoms with E-state index in [-0.39, 0.29) is 0 Å². The molecule has 0 aliphatic rings. The molecule has 56 valence electrons.